The molecule has 0 saturated carbocycles. The summed E-state index contributed by atoms with van der Waals surface area (Å²) in [4.78, 5) is 65.3. The number of hydrogen-bond acceptors (Lipinski definition) is 9. The van der Waals surface area contributed by atoms with Gasteiger partial charge in [0.25, 0.3) is 6.47 Å². The smallest absolute Gasteiger partial charge is 0.306 e. The van der Waals surface area contributed by atoms with Crippen LogP contribution in [0.2, 0.25) is 0 Å². The fourth-order valence-electron chi connectivity index (χ4n) is 2.75. The fourth-order valence-corrected chi connectivity index (χ4v) is 2.75. The molecule has 3 N–H and O–H groups in total. The number of nitrogens with zero attached hydrogens (tertiary/aromatic N) is 1. The average Bonchev–Trinajstić information content (AvgIpc) is 3.31. The zero-order valence-electron chi connectivity index (χ0n) is 19.7. The molecule has 0 aliphatic heterocycles. The van der Waals surface area contributed by atoms with E-state index in [1.807, 2.05) is 13.8 Å². The van der Waals surface area contributed by atoms with Crippen LogP contribution < -0.4 is 10.6 Å². The lowest BCUT2D eigenvalue weighted by Crippen LogP contribution is -2.40. The highest BCUT2D eigenvalue weighted by molar-refractivity contribution is 5.83. The Bertz CT molecular complexity index is 769. The van der Waals surface area contributed by atoms with Crippen molar-refractivity contribution in [1.82, 2.24) is 20.6 Å². The predicted molar refractivity (Wildman–Crippen MR) is 119 cm³/mol. The standard InChI is InChI=1S/C22H34N4O8/c1-3-5-7-21(30)32-13-17(34-22(31)6-4-2)12-24-18(28)8-9-19(29)26-20(33-15-27)10-16-11-23-14-25-16/h11,14-15,17,20H,3-10,12-13H2,1-2H3,(H,23,25)(H,24,28)(H,26,29). The molecule has 0 aromatic carbocycles. The molecule has 12 heteroatoms. The first kappa shape index (κ1) is 28.6. The summed E-state index contributed by atoms with van der Waals surface area (Å²) in [5, 5.41) is 5.09. The van der Waals surface area contributed by atoms with Crippen molar-refractivity contribution >= 4 is 30.2 Å². The Labute approximate surface area is 198 Å². The van der Waals surface area contributed by atoms with Gasteiger partial charge in [-0.2, -0.15) is 0 Å². The van der Waals surface area contributed by atoms with Crippen LogP contribution in [-0.2, 0) is 44.6 Å². The minimum atomic E-state index is -0.916. The second-order valence-corrected chi connectivity index (χ2v) is 7.51. The maximum absolute atomic E-state index is 12.2. The van der Waals surface area contributed by atoms with E-state index in [2.05, 4.69) is 20.6 Å². The van der Waals surface area contributed by atoms with E-state index in [1.165, 1.54) is 6.33 Å². The van der Waals surface area contributed by atoms with Crippen molar-refractivity contribution in [3.05, 3.63) is 18.2 Å². The van der Waals surface area contributed by atoms with Gasteiger partial charge < -0.3 is 29.8 Å². The topological polar surface area (TPSA) is 166 Å². The molecule has 1 heterocycles. The van der Waals surface area contributed by atoms with Gasteiger partial charge in [0, 0.05) is 38.3 Å². The van der Waals surface area contributed by atoms with E-state index in [9.17, 15) is 24.0 Å². The van der Waals surface area contributed by atoms with Gasteiger partial charge in [0.1, 0.15) is 6.61 Å². The number of amides is 2. The van der Waals surface area contributed by atoms with Crippen LogP contribution in [0, 0.1) is 0 Å². The monoisotopic (exact) mass is 482 g/mol. The summed E-state index contributed by atoms with van der Waals surface area (Å²) < 4.78 is 15.3. The molecule has 12 nitrogen and oxygen atoms in total. The summed E-state index contributed by atoms with van der Waals surface area (Å²) in [6, 6.07) is 0. The van der Waals surface area contributed by atoms with Crippen molar-refractivity contribution < 1.29 is 38.2 Å². The molecule has 0 aliphatic carbocycles. The Morgan fingerprint density at radius 3 is 2.47 bits per heavy atom. The summed E-state index contributed by atoms with van der Waals surface area (Å²) in [6.45, 7) is 3.77. The lowest BCUT2D eigenvalue weighted by molar-refractivity contribution is -0.159. The lowest BCUT2D eigenvalue weighted by Gasteiger charge is -2.19. The number of aromatic nitrogens is 2. The number of ether oxygens (including phenoxy) is 3. The van der Waals surface area contributed by atoms with Crippen LogP contribution in [0.15, 0.2) is 12.5 Å². The van der Waals surface area contributed by atoms with E-state index >= 15 is 0 Å². The van der Waals surface area contributed by atoms with Gasteiger partial charge in [-0.3, -0.25) is 24.0 Å². The van der Waals surface area contributed by atoms with Crippen LogP contribution in [-0.4, -0.2) is 65.7 Å². The lowest BCUT2D eigenvalue weighted by atomic mass is 10.2. The van der Waals surface area contributed by atoms with E-state index in [0.717, 1.165) is 6.42 Å². The predicted octanol–water partition coefficient (Wildman–Crippen LogP) is 0.909. The van der Waals surface area contributed by atoms with Crippen molar-refractivity contribution in [3.63, 3.8) is 0 Å². The zero-order chi connectivity index (χ0) is 25.2. The van der Waals surface area contributed by atoms with Gasteiger partial charge in [0.15, 0.2) is 12.3 Å². The van der Waals surface area contributed by atoms with Crippen molar-refractivity contribution in [3.8, 4) is 0 Å². The van der Waals surface area contributed by atoms with Crippen molar-refractivity contribution in [2.45, 2.75) is 77.5 Å². The second kappa shape index (κ2) is 17.1. The van der Waals surface area contributed by atoms with E-state index in [1.54, 1.807) is 6.20 Å². The molecule has 0 saturated heterocycles. The highest BCUT2D eigenvalue weighted by Gasteiger charge is 2.19. The SMILES string of the molecule is CCCCC(=O)OCC(CNC(=O)CCC(=O)NC(Cc1c[nH]cn1)OC=O)OC(=O)CCC. The minimum Gasteiger partial charge on any atom is -0.462 e. The molecule has 1 rings (SSSR count). The Hall–Kier alpha value is -3.44. The van der Waals surface area contributed by atoms with Crippen LogP contribution in [0.3, 0.4) is 0 Å². The van der Waals surface area contributed by atoms with Crippen molar-refractivity contribution in [1.29, 1.82) is 0 Å². The number of aromatic amines is 1. The Kier molecular flexibility index (Phi) is 14.4. The van der Waals surface area contributed by atoms with Crippen molar-refractivity contribution in [2.75, 3.05) is 13.2 Å². The average molecular weight is 483 g/mol. The molecule has 2 unspecified atom stereocenters. The van der Waals surface area contributed by atoms with Gasteiger partial charge in [-0.25, -0.2) is 4.98 Å². The normalized spacial score (nSPS) is 12.2. The molecule has 0 bridgehead atoms. The summed E-state index contributed by atoms with van der Waals surface area (Å²) >= 11 is 0. The second-order valence-electron chi connectivity index (χ2n) is 7.51. The van der Waals surface area contributed by atoms with Crippen LogP contribution in [0.1, 0.15) is 64.5 Å². The number of H-pyrrole nitrogens is 1. The molecule has 0 spiro atoms. The third kappa shape index (κ3) is 13.2. The maximum Gasteiger partial charge on any atom is 0.306 e. The largest absolute Gasteiger partial charge is 0.462 e. The maximum atomic E-state index is 12.2. The van der Waals surface area contributed by atoms with Gasteiger partial charge in [0.2, 0.25) is 11.8 Å². The molecule has 2 amide bonds. The molecule has 1 aromatic heterocycles. The molecular weight excluding hydrogens is 448 g/mol. The summed E-state index contributed by atoms with van der Waals surface area (Å²) in [5.74, 6) is -1.80. The van der Waals surface area contributed by atoms with Crippen LogP contribution in [0.25, 0.3) is 0 Å². The summed E-state index contributed by atoms with van der Waals surface area (Å²) in [7, 11) is 0. The van der Waals surface area contributed by atoms with E-state index < -0.39 is 36.1 Å². The summed E-state index contributed by atoms with van der Waals surface area (Å²) in [5.41, 5.74) is 0.587. The minimum absolute atomic E-state index is 0.0625. The van der Waals surface area contributed by atoms with E-state index in [4.69, 9.17) is 14.2 Å². The molecule has 1 aromatic rings. The number of rotatable bonds is 18. The van der Waals surface area contributed by atoms with Gasteiger partial charge in [-0.1, -0.05) is 20.3 Å². The van der Waals surface area contributed by atoms with Gasteiger partial charge >= 0.3 is 11.9 Å². The highest BCUT2D eigenvalue weighted by Crippen LogP contribution is 2.03. The summed E-state index contributed by atoms with van der Waals surface area (Å²) in [6.07, 6.45) is 3.79. The molecule has 0 radical (unpaired) electrons. The number of unbranched alkanes of at least 4 members (excludes halogenated alkanes) is 1. The van der Waals surface area contributed by atoms with Crippen LogP contribution >= 0.6 is 0 Å². The van der Waals surface area contributed by atoms with Crippen LogP contribution in [0.4, 0.5) is 0 Å². The number of carbonyl (C=O) groups excluding carboxylic acids is 5. The molecule has 190 valence electrons. The quantitative estimate of drug-likeness (QED) is 0.119. The zero-order valence-corrected chi connectivity index (χ0v) is 19.7. The highest BCUT2D eigenvalue weighted by atomic mass is 16.6. The van der Waals surface area contributed by atoms with E-state index in [0.29, 0.717) is 18.5 Å². The number of esters is 2. The van der Waals surface area contributed by atoms with Gasteiger partial charge in [-0.05, 0) is 12.8 Å². The number of nitrogens with one attached hydrogen (secondary N) is 3. The Balaban J connectivity index is 2.45. The molecular formula is C22H34N4O8. The molecule has 0 aliphatic rings. The third-order valence-electron chi connectivity index (χ3n) is 4.51. The molecule has 0 fully saturated rings. The third-order valence-corrected chi connectivity index (χ3v) is 4.51. The van der Waals surface area contributed by atoms with E-state index in [-0.39, 0.29) is 51.7 Å². The fraction of sp³-hybridized carbons (Fsp3) is 0.636. The number of carbonyl (C=O) groups is 5. The number of imidazole rings is 1. The van der Waals surface area contributed by atoms with Crippen molar-refractivity contribution in [2.24, 2.45) is 0 Å². The molecule has 2 atom stereocenters. The first-order valence-electron chi connectivity index (χ1n) is 11.4. The Morgan fingerprint density at radius 1 is 1.06 bits per heavy atom. The number of hydrogen-bond donors (Lipinski definition) is 3. The first-order chi connectivity index (χ1) is 16.4. The molecule has 34 heavy (non-hydrogen) atoms. The van der Waals surface area contributed by atoms with Crippen LogP contribution in [0.5, 0.6) is 0 Å². The van der Waals surface area contributed by atoms with Gasteiger partial charge in [0.05, 0.1) is 18.6 Å². The van der Waals surface area contributed by atoms with Gasteiger partial charge in [-0.15, -0.1) is 0 Å². The first-order valence-corrected chi connectivity index (χ1v) is 11.4. The Morgan fingerprint density at radius 2 is 1.82 bits per heavy atom.